The summed E-state index contributed by atoms with van der Waals surface area (Å²) < 4.78 is 61.8. The third-order valence-electron chi connectivity index (χ3n) is 5.74. The van der Waals surface area contributed by atoms with Crippen molar-refractivity contribution in [3.63, 3.8) is 0 Å². The Kier molecular flexibility index (Phi) is 7.42. The van der Waals surface area contributed by atoms with Crippen LogP contribution in [0.4, 0.5) is 17.6 Å². The average molecular weight is 424 g/mol. The number of hydrogen-bond donors (Lipinski definition) is 2. The molecule has 8 heteroatoms. The van der Waals surface area contributed by atoms with Crippen LogP contribution in [0.5, 0.6) is 5.75 Å². The zero-order valence-corrected chi connectivity index (χ0v) is 16.8. The summed E-state index contributed by atoms with van der Waals surface area (Å²) in [7, 11) is -2.20. The van der Waals surface area contributed by atoms with Crippen LogP contribution < -0.4 is 10.2 Å². The Bertz CT molecular complexity index is 837. The molecule has 3 rings (SSSR count). The molecule has 1 aliphatic rings. The average Bonchev–Trinajstić information content (AvgIpc) is 2.67. The van der Waals surface area contributed by atoms with Gasteiger partial charge >= 0.3 is 7.12 Å². The highest BCUT2D eigenvalue weighted by atomic mass is 19.1. The molecule has 0 aromatic heterocycles. The topological polar surface area (TPSA) is 49.7 Å². The smallest absolute Gasteiger partial charge is 0.487 e. The lowest BCUT2D eigenvalue weighted by molar-refractivity contribution is 0.187. The molecular weight excluding hydrogens is 399 g/mol. The van der Waals surface area contributed by atoms with E-state index in [1.54, 1.807) is 0 Å². The molecule has 0 saturated heterocycles. The molecule has 2 aromatic rings. The molecule has 0 spiro atoms. The molecule has 162 valence electrons. The molecule has 30 heavy (non-hydrogen) atoms. The number of benzene rings is 2. The van der Waals surface area contributed by atoms with Gasteiger partial charge in [0.15, 0.2) is 17.4 Å². The van der Waals surface area contributed by atoms with E-state index in [9.17, 15) is 17.6 Å². The minimum absolute atomic E-state index is 0.0723. The van der Waals surface area contributed by atoms with E-state index in [4.69, 9.17) is 14.8 Å². The van der Waals surface area contributed by atoms with E-state index >= 15 is 0 Å². The summed E-state index contributed by atoms with van der Waals surface area (Å²) >= 11 is 0. The van der Waals surface area contributed by atoms with Crippen LogP contribution in [0.2, 0.25) is 0 Å². The quantitative estimate of drug-likeness (QED) is 0.517. The van der Waals surface area contributed by atoms with Crippen molar-refractivity contribution in [3.05, 3.63) is 58.7 Å². The van der Waals surface area contributed by atoms with Gasteiger partial charge in [0.05, 0.1) is 12.1 Å². The normalized spacial score (nSPS) is 19.0. The lowest BCUT2D eigenvalue weighted by Crippen LogP contribution is -2.36. The van der Waals surface area contributed by atoms with E-state index in [1.165, 1.54) is 12.1 Å². The molecule has 0 radical (unpaired) electrons. The maximum absolute atomic E-state index is 14.2. The summed E-state index contributed by atoms with van der Waals surface area (Å²) in [5.41, 5.74) is 0.312. The van der Waals surface area contributed by atoms with E-state index in [0.29, 0.717) is 43.2 Å². The zero-order chi connectivity index (χ0) is 21.8. The third kappa shape index (κ3) is 5.16. The summed E-state index contributed by atoms with van der Waals surface area (Å²) in [5, 5.41) is 18.1. The standard InChI is InChI=1S/C22H25BF4O3/c1-2-3-14-8-19(26)22(20(27)9-14)30-12-13-4-6-15(7-5-13)16-10-17(24)21(23(28)29)18(25)11-16/h8-11,13,15,28-29H,2-7,12H2,1H3. The molecule has 0 heterocycles. The van der Waals surface area contributed by atoms with Crippen LogP contribution in [0.3, 0.4) is 0 Å². The first-order valence-corrected chi connectivity index (χ1v) is 10.3. The van der Waals surface area contributed by atoms with Gasteiger partial charge in [0, 0.05) is 0 Å². The monoisotopic (exact) mass is 424 g/mol. The van der Waals surface area contributed by atoms with Crippen LogP contribution in [-0.4, -0.2) is 23.8 Å². The highest BCUT2D eigenvalue weighted by Gasteiger charge is 2.28. The zero-order valence-electron chi connectivity index (χ0n) is 16.8. The highest BCUT2D eigenvalue weighted by molar-refractivity contribution is 6.58. The Labute approximate surface area is 173 Å². The van der Waals surface area contributed by atoms with Gasteiger partial charge in [-0.05, 0) is 79.3 Å². The van der Waals surface area contributed by atoms with Crippen LogP contribution >= 0.6 is 0 Å². The van der Waals surface area contributed by atoms with Gasteiger partial charge in [-0.15, -0.1) is 0 Å². The first-order chi connectivity index (χ1) is 14.3. The van der Waals surface area contributed by atoms with Gasteiger partial charge in [0.25, 0.3) is 0 Å². The highest BCUT2D eigenvalue weighted by Crippen LogP contribution is 2.37. The number of rotatable bonds is 7. The Hall–Kier alpha value is -2.06. The van der Waals surface area contributed by atoms with Gasteiger partial charge in [-0.2, -0.15) is 0 Å². The van der Waals surface area contributed by atoms with Crippen LogP contribution in [0.1, 0.15) is 56.1 Å². The Morgan fingerprint density at radius 3 is 1.97 bits per heavy atom. The van der Waals surface area contributed by atoms with Crippen molar-refractivity contribution >= 4 is 12.6 Å². The fourth-order valence-corrected chi connectivity index (χ4v) is 4.13. The summed E-state index contributed by atoms with van der Waals surface area (Å²) in [6, 6.07) is 4.88. The molecule has 2 N–H and O–H groups in total. The van der Waals surface area contributed by atoms with Gasteiger partial charge in [0.1, 0.15) is 11.6 Å². The number of hydrogen-bond acceptors (Lipinski definition) is 3. The SMILES string of the molecule is CCCc1cc(F)c(OCC2CCC(c3cc(F)c(B(O)O)c(F)c3)CC2)c(F)c1. The van der Waals surface area contributed by atoms with Crippen molar-refractivity contribution in [2.75, 3.05) is 6.61 Å². The summed E-state index contributed by atoms with van der Waals surface area (Å²) in [6.45, 7) is 2.11. The predicted molar refractivity (Wildman–Crippen MR) is 107 cm³/mol. The van der Waals surface area contributed by atoms with E-state index in [1.807, 2.05) is 6.92 Å². The maximum atomic E-state index is 14.2. The Morgan fingerprint density at radius 1 is 0.900 bits per heavy atom. The van der Waals surface area contributed by atoms with Crippen molar-refractivity contribution in [1.29, 1.82) is 0 Å². The Morgan fingerprint density at radius 2 is 1.47 bits per heavy atom. The van der Waals surface area contributed by atoms with Gasteiger partial charge in [-0.3, -0.25) is 0 Å². The summed E-state index contributed by atoms with van der Waals surface area (Å²) in [6.07, 6.45) is 4.06. The van der Waals surface area contributed by atoms with E-state index in [2.05, 4.69) is 0 Å². The van der Waals surface area contributed by atoms with Crippen molar-refractivity contribution in [3.8, 4) is 5.75 Å². The molecule has 3 nitrogen and oxygen atoms in total. The van der Waals surface area contributed by atoms with Gasteiger partial charge in [0.2, 0.25) is 0 Å². The largest absolute Gasteiger partial charge is 0.494 e. The van der Waals surface area contributed by atoms with Crippen LogP contribution in [0.25, 0.3) is 0 Å². The molecule has 0 bridgehead atoms. The molecule has 0 unspecified atom stereocenters. The van der Waals surface area contributed by atoms with Crippen LogP contribution in [-0.2, 0) is 6.42 Å². The second-order valence-corrected chi connectivity index (χ2v) is 7.94. The van der Waals surface area contributed by atoms with Gasteiger partial charge in [-0.25, -0.2) is 17.6 Å². The lowest BCUT2D eigenvalue weighted by atomic mass is 9.75. The molecule has 0 atom stereocenters. The molecule has 2 aromatic carbocycles. The molecule has 0 aliphatic heterocycles. The van der Waals surface area contributed by atoms with Crippen molar-refractivity contribution < 1.29 is 32.3 Å². The van der Waals surface area contributed by atoms with Crippen LogP contribution in [0, 0.1) is 29.2 Å². The molecular formula is C22H25BF4O3. The summed E-state index contributed by atoms with van der Waals surface area (Å²) in [5.74, 6) is -3.72. The number of aryl methyl sites for hydroxylation is 1. The van der Waals surface area contributed by atoms with Crippen molar-refractivity contribution in [2.24, 2.45) is 5.92 Å². The summed E-state index contributed by atoms with van der Waals surface area (Å²) in [4.78, 5) is 0. The minimum Gasteiger partial charge on any atom is -0.487 e. The first kappa shape index (κ1) is 22.6. The van der Waals surface area contributed by atoms with Gasteiger partial charge in [-0.1, -0.05) is 13.3 Å². The predicted octanol–water partition coefficient (Wildman–Crippen LogP) is 4.23. The maximum Gasteiger partial charge on any atom is 0.494 e. The van der Waals surface area contributed by atoms with Crippen molar-refractivity contribution in [1.82, 2.24) is 0 Å². The molecule has 0 amide bonds. The fraction of sp³-hybridized carbons (Fsp3) is 0.455. The second kappa shape index (κ2) is 9.83. The molecule has 1 fully saturated rings. The minimum atomic E-state index is -2.20. The van der Waals surface area contributed by atoms with E-state index in [-0.39, 0.29) is 24.2 Å². The lowest BCUT2D eigenvalue weighted by Gasteiger charge is -2.29. The number of halogens is 4. The van der Waals surface area contributed by atoms with Crippen LogP contribution in [0.15, 0.2) is 24.3 Å². The fourth-order valence-electron chi connectivity index (χ4n) is 4.13. The molecule has 1 aliphatic carbocycles. The first-order valence-electron chi connectivity index (χ1n) is 10.3. The Balaban J connectivity index is 1.58. The second-order valence-electron chi connectivity index (χ2n) is 7.94. The number of ether oxygens (including phenoxy) is 1. The van der Waals surface area contributed by atoms with E-state index < -0.39 is 35.9 Å². The molecule has 1 saturated carbocycles. The van der Waals surface area contributed by atoms with Gasteiger partial charge < -0.3 is 14.8 Å². The van der Waals surface area contributed by atoms with Crippen molar-refractivity contribution in [2.45, 2.75) is 51.4 Å². The third-order valence-corrected chi connectivity index (χ3v) is 5.74. The van der Waals surface area contributed by atoms with E-state index in [0.717, 1.165) is 18.6 Å².